The summed E-state index contributed by atoms with van der Waals surface area (Å²) in [4.78, 5) is 23.2. The Balaban J connectivity index is 1.38. The van der Waals surface area contributed by atoms with Crippen LogP contribution in [0.1, 0.15) is 36.0 Å². The third-order valence-corrected chi connectivity index (χ3v) is 5.49. The summed E-state index contributed by atoms with van der Waals surface area (Å²) in [7, 11) is 0. The van der Waals surface area contributed by atoms with E-state index in [0.717, 1.165) is 35.9 Å². The standard InChI is InChI=1S/C28H27BrN2O5/c1-2-27(32)35-20-6-4-3-5-19-34-25-17-13-24(14-18-25)31-30-23-11-7-21(8-12-23)28(33)36-26-15-9-22(29)10-16-26/h2,7-18H,1,3-6,19-20H2. The van der Waals surface area contributed by atoms with Crippen molar-refractivity contribution in [3.63, 3.8) is 0 Å². The fraction of sp³-hybridized carbons (Fsp3) is 0.214. The van der Waals surface area contributed by atoms with Gasteiger partial charge in [0.05, 0.1) is 30.2 Å². The average Bonchev–Trinajstić information content (AvgIpc) is 2.91. The minimum absolute atomic E-state index is 0.380. The van der Waals surface area contributed by atoms with Gasteiger partial charge in [-0.3, -0.25) is 0 Å². The van der Waals surface area contributed by atoms with Crippen LogP contribution in [-0.4, -0.2) is 25.2 Å². The van der Waals surface area contributed by atoms with Crippen molar-refractivity contribution < 1.29 is 23.8 Å². The number of ether oxygens (including phenoxy) is 3. The first-order valence-electron chi connectivity index (χ1n) is 11.5. The number of nitrogens with zero attached hydrogens (tertiary/aromatic N) is 2. The first-order chi connectivity index (χ1) is 17.5. The topological polar surface area (TPSA) is 86.5 Å². The molecule has 0 atom stereocenters. The second kappa shape index (κ2) is 14.6. The first kappa shape index (κ1) is 26.8. The van der Waals surface area contributed by atoms with Crippen molar-refractivity contribution in [3.05, 3.63) is 95.5 Å². The van der Waals surface area contributed by atoms with Crippen molar-refractivity contribution >= 4 is 39.2 Å². The normalized spacial score (nSPS) is 10.7. The van der Waals surface area contributed by atoms with Crippen molar-refractivity contribution in [3.8, 4) is 11.5 Å². The van der Waals surface area contributed by atoms with Crippen LogP contribution in [-0.2, 0) is 9.53 Å². The van der Waals surface area contributed by atoms with Gasteiger partial charge in [-0.05, 0) is 98.5 Å². The molecule has 0 aliphatic rings. The molecular formula is C28H27BrN2O5. The summed E-state index contributed by atoms with van der Waals surface area (Å²) in [5.74, 6) is 0.422. The predicted molar refractivity (Wildman–Crippen MR) is 141 cm³/mol. The summed E-state index contributed by atoms with van der Waals surface area (Å²) in [5.41, 5.74) is 1.74. The summed E-state index contributed by atoms with van der Waals surface area (Å²) in [6, 6.07) is 21.1. The van der Waals surface area contributed by atoms with Crippen LogP contribution in [0.3, 0.4) is 0 Å². The molecule has 0 saturated carbocycles. The van der Waals surface area contributed by atoms with Gasteiger partial charge in [0.2, 0.25) is 0 Å². The van der Waals surface area contributed by atoms with Crippen LogP contribution in [0.2, 0.25) is 0 Å². The van der Waals surface area contributed by atoms with Crippen LogP contribution in [0.15, 0.2) is 100 Å². The Kier molecular flexibility index (Phi) is 10.9. The summed E-state index contributed by atoms with van der Waals surface area (Å²) >= 11 is 3.35. The Hall–Kier alpha value is -3.78. The minimum Gasteiger partial charge on any atom is -0.494 e. The lowest BCUT2D eigenvalue weighted by molar-refractivity contribution is -0.137. The van der Waals surface area contributed by atoms with Crippen LogP contribution in [0.4, 0.5) is 11.4 Å². The predicted octanol–water partition coefficient (Wildman–Crippen LogP) is 7.75. The Bertz CT molecular complexity index is 1160. The fourth-order valence-electron chi connectivity index (χ4n) is 3.04. The number of benzene rings is 3. The Labute approximate surface area is 218 Å². The molecule has 0 spiro atoms. The van der Waals surface area contributed by atoms with Gasteiger partial charge in [0, 0.05) is 10.5 Å². The highest BCUT2D eigenvalue weighted by atomic mass is 79.9. The third-order valence-electron chi connectivity index (χ3n) is 4.96. The zero-order valence-corrected chi connectivity index (χ0v) is 21.4. The van der Waals surface area contributed by atoms with E-state index in [0.29, 0.717) is 35.9 Å². The number of halogens is 1. The molecule has 36 heavy (non-hydrogen) atoms. The van der Waals surface area contributed by atoms with Crippen molar-refractivity contribution in [2.45, 2.75) is 25.7 Å². The summed E-state index contributed by atoms with van der Waals surface area (Å²) < 4.78 is 17.0. The number of rotatable bonds is 13. The van der Waals surface area contributed by atoms with E-state index in [9.17, 15) is 9.59 Å². The lowest BCUT2D eigenvalue weighted by atomic mass is 10.2. The molecule has 0 fully saturated rings. The van der Waals surface area contributed by atoms with Crippen molar-refractivity contribution in [2.24, 2.45) is 10.2 Å². The van der Waals surface area contributed by atoms with Crippen LogP contribution < -0.4 is 9.47 Å². The van der Waals surface area contributed by atoms with Crippen molar-refractivity contribution in [1.29, 1.82) is 0 Å². The second-order valence-electron chi connectivity index (χ2n) is 7.72. The van der Waals surface area contributed by atoms with Crippen LogP contribution in [0.25, 0.3) is 0 Å². The van der Waals surface area contributed by atoms with Gasteiger partial charge in [-0.25, -0.2) is 9.59 Å². The monoisotopic (exact) mass is 550 g/mol. The van der Waals surface area contributed by atoms with E-state index in [1.165, 1.54) is 6.08 Å². The van der Waals surface area contributed by atoms with E-state index in [1.54, 1.807) is 36.4 Å². The van der Waals surface area contributed by atoms with E-state index >= 15 is 0 Å². The molecule has 0 aromatic heterocycles. The summed E-state index contributed by atoms with van der Waals surface area (Å²) in [6.07, 6.45) is 4.89. The molecule has 0 amide bonds. The molecule has 0 saturated heterocycles. The van der Waals surface area contributed by atoms with E-state index in [4.69, 9.17) is 14.2 Å². The zero-order chi connectivity index (χ0) is 25.6. The number of hydrogen-bond acceptors (Lipinski definition) is 7. The molecule has 3 aromatic carbocycles. The van der Waals surface area contributed by atoms with Gasteiger partial charge >= 0.3 is 11.9 Å². The molecule has 3 aromatic rings. The van der Waals surface area contributed by atoms with Gasteiger partial charge < -0.3 is 14.2 Å². The largest absolute Gasteiger partial charge is 0.494 e. The fourth-order valence-corrected chi connectivity index (χ4v) is 3.30. The number of carbonyl (C=O) groups is 2. The highest BCUT2D eigenvalue weighted by molar-refractivity contribution is 9.10. The number of azo groups is 1. The lowest BCUT2D eigenvalue weighted by Crippen LogP contribution is -2.07. The van der Waals surface area contributed by atoms with Gasteiger partial charge in [0.15, 0.2) is 0 Å². The molecule has 0 N–H and O–H groups in total. The van der Waals surface area contributed by atoms with Crippen LogP contribution >= 0.6 is 15.9 Å². The maximum Gasteiger partial charge on any atom is 0.343 e. The molecule has 186 valence electrons. The third kappa shape index (κ3) is 9.46. The van der Waals surface area contributed by atoms with Gasteiger partial charge in [0.1, 0.15) is 11.5 Å². The summed E-state index contributed by atoms with van der Waals surface area (Å²) in [5, 5.41) is 8.45. The number of unbranched alkanes of at least 4 members (excludes halogenated alkanes) is 3. The van der Waals surface area contributed by atoms with Gasteiger partial charge in [0.25, 0.3) is 0 Å². The maximum atomic E-state index is 12.3. The molecule has 3 rings (SSSR count). The van der Waals surface area contributed by atoms with Crippen LogP contribution in [0.5, 0.6) is 11.5 Å². The highest BCUT2D eigenvalue weighted by Gasteiger charge is 2.08. The molecule has 0 bridgehead atoms. The number of esters is 2. The highest BCUT2D eigenvalue weighted by Crippen LogP contribution is 2.23. The van der Waals surface area contributed by atoms with E-state index in [2.05, 4.69) is 32.7 Å². The average molecular weight is 551 g/mol. The number of carbonyl (C=O) groups excluding carboxylic acids is 2. The van der Waals surface area contributed by atoms with Gasteiger partial charge in [-0.1, -0.05) is 22.5 Å². The molecule has 7 nitrogen and oxygen atoms in total. The molecule has 0 aliphatic carbocycles. The quantitative estimate of drug-likeness (QED) is 0.0713. The Morgan fingerprint density at radius 3 is 1.92 bits per heavy atom. The van der Waals surface area contributed by atoms with E-state index in [-0.39, 0.29) is 5.97 Å². The smallest absolute Gasteiger partial charge is 0.343 e. The Morgan fingerprint density at radius 2 is 1.31 bits per heavy atom. The zero-order valence-electron chi connectivity index (χ0n) is 19.8. The van der Waals surface area contributed by atoms with Gasteiger partial charge in [-0.15, -0.1) is 0 Å². The molecule has 0 heterocycles. The molecular weight excluding hydrogens is 524 g/mol. The van der Waals surface area contributed by atoms with Crippen LogP contribution in [0, 0.1) is 0 Å². The van der Waals surface area contributed by atoms with Crippen molar-refractivity contribution in [2.75, 3.05) is 13.2 Å². The second-order valence-corrected chi connectivity index (χ2v) is 8.63. The van der Waals surface area contributed by atoms with E-state index < -0.39 is 5.97 Å². The van der Waals surface area contributed by atoms with E-state index in [1.807, 2.05) is 36.4 Å². The number of hydrogen-bond donors (Lipinski definition) is 0. The first-order valence-corrected chi connectivity index (χ1v) is 12.3. The SMILES string of the molecule is C=CC(=O)OCCCCCCOc1ccc(N=Nc2ccc(C(=O)Oc3ccc(Br)cc3)cc2)cc1. The lowest BCUT2D eigenvalue weighted by Gasteiger charge is -2.06. The molecule has 0 unspecified atom stereocenters. The maximum absolute atomic E-state index is 12.3. The molecule has 8 heteroatoms. The minimum atomic E-state index is -0.439. The Morgan fingerprint density at radius 1 is 0.750 bits per heavy atom. The van der Waals surface area contributed by atoms with Gasteiger partial charge in [-0.2, -0.15) is 10.2 Å². The summed E-state index contributed by atoms with van der Waals surface area (Å²) in [6.45, 7) is 4.40. The molecule has 0 radical (unpaired) electrons. The molecule has 0 aliphatic heterocycles. The van der Waals surface area contributed by atoms with Crippen molar-refractivity contribution in [1.82, 2.24) is 0 Å².